The molecule has 1 amide bonds. The molecule has 12 heteroatoms. The summed E-state index contributed by atoms with van der Waals surface area (Å²) in [5.41, 5.74) is 0.952. The van der Waals surface area contributed by atoms with Crippen LogP contribution in [0, 0.1) is 0 Å². The fourth-order valence-corrected chi connectivity index (χ4v) is 4.62. The van der Waals surface area contributed by atoms with E-state index < -0.39 is 11.6 Å². The van der Waals surface area contributed by atoms with E-state index in [1.807, 2.05) is 43.2 Å². The first-order valence-corrected chi connectivity index (χ1v) is 12.4. The number of rotatable bonds is 5. The molecule has 36 heavy (non-hydrogen) atoms. The van der Waals surface area contributed by atoms with Crippen molar-refractivity contribution >= 4 is 29.2 Å². The number of carbonyl (C=O) groups excluding carboxylic acids is 2. The molecular weight excluding hydrogens is 468 g/mol. The van der Waals surface area contributed by atoms with Crippen molar-refractivity contribution in [2.45, 2.75) is 46.3 Å². The van der Waals surface area contributed by atoms with Crippen molar-refractivity contribution in [2.75, 3.05) is 69.4 Å². The number of piperazine rings is 1. The first-order valence-electron chi connectivity index (χ1n) is 12.4. The van der Waals surface area contributed by atoms with Gasteiger partial charge in [0.05, 0.1) is 20.3 Å². The predicted molar refractivity (Wildman–Crippen MR) is 134 cm³/mol. The van der Waals surface area contributed by atoms with E-state index in [9.17, 15) is 14.4 Å². The van der Waals surface area contributed by atoms with Gasteiger partial charge in [0.15, 0.2) is 5.82 Å². The molecule has 4 heterocycles. The van der Waals surface area contributed by atoms with Gasteiger partial charge in [-0.15, -0.1) is 5.10 Å². The lowest BCUT2D eigenvalue weighted by atomic mass is 10.2. The molecule has 0 atom stereocenters. The Morgan fingerprint density at radius 1 is 1.06 bits per heavy atom. The summed E-state index contributed by atoms with van der Waals surface area (Å²) in [7, 11) is 1.35. The number of nitrogens with zero attached hydrogens (tertiary/aromatic N) is 6. The van der Waals surface area contributed by atoms with Crippen LogP contribution in [0.3, 0.4) is 0 Å². The number of anilines is 2. The number of fused-ring (bicyclic) bond motifs is 1. The van der Waals surface area contributed by atoms with E-state index in [0.717, 1.165) is 5.69 Å². The van der Waals surface area contributed by atoms with Gasteiger partial charge >= 0.3 is 12.1 Å². The van der Waals surface area contributed by atoms with E-state index in [0.29, 0.717) is 76.1 Å². The van der Waals surface area contributed by atoms with Gasteiger partial charge in [-0.25, -0.2) is 4.79 Å². The van der Waals surface area contributed by atoms with Crippen LogP contribution < -0.4 is 15.4 Å². The third-order valence-corrected chi connectivity index (χ3v) is 6.38. The fraction of sp³-hybridized carbons (Fsp3) is 0.667. The Balaban J connectivity index is 1.72. The number of amides is 1. The van der Waals surface area contributed by atoms with Gasteiger partial charge in [0.25, 0.3) is 5.56 Å². The zero-order valence-corrected chi connectivity index (χ0v) is 21.8. The molecule has 0 aliphatic carbocycles. The highest BCUT2D eigenvalue weighted by Gasteiger charge is 2.30. The van der Waals surface area contributed by atoms with Crippen LogP contribution in [0.15, 0.2) is 10.9 Å². The van der Waals surface area contributed by atoms with E-state index in [4.69, 9.17) is 14.2 Å². The summed E-state index contributed by atoms with van der Waals surface area (Å²) < 4.78 is 19.1. The molecular formula is C24H36N6O6. The van der Waals surface area contributed by atoms with E-state index in [1.54, 1.807) is 4.90 Å². The number of aromatic nitrogens is 3. The highest BCUT2D eigenvalue weighted by molar-refractivity contribution is 5.72. The molecule has 2 aromatic rings. The number of carbonyl (C=O) groups is 2. The SMILES string of the molecule is CCc1c(N2CCN(C(=O)OC(C)(C)C)CC2)c(=O)n2nc(N3CCOCC3)cc2n1CC(=O)OC. The number of ether oxygens (including phenoxy) is 3. The smallest absolute Gasteiger partial charge is 0.410 e. The van der Waals surface area contributed by atoms with Crippen LogP contribution in [0.1, 0.15) is 33.4 Å². The molecule has 2 fully saturated rings. The second kappa shape index (κ2) is 10.4. The molecule has 2 saturated heterocycles. The van der Waals surface area contributed by atoms with E-state index in [2.05, 4.69) is 10.00 Å². The maximum Gasteiger partial charge on any atom is 0.410 e. The number of hydrogen-bond donors (Lipinski definition) is 0. The topological polar surface area (TPSA) is 111 Å². The average molecular weight is 505 g/mol. The van der Waals surface area contributed by atoms with E-state index in [-0.39, 0.29) is 18.2 Å². The average Bonchev–Trinajstić information content (AvgIpc) is 3.31. The standard InChI is InChI=1S/C24H36N6O6/c1-6-17-21(27-7-9-28(10-8-27)23(33)36-24(2,3)4)22(32)30-19(29(17)16-20(31)34-5)15-18(25-30)26-11-13-35-14-12-26/h15H,6-14,16H2,1-5H3. The molecule has 0 saturated carbocycles. The van der Waals surface area contributed by atoms with Crippen molar-refractivity contribution in [2.24, 2.45) is 0 Å². The maximum absolute atomic E-state index is 13.8. The fourth-order valence-electron chi connectivity index (χ4n) is 4.62. The summed E-state index contributed by atoms with van der Waals surface area (Å²) in [6.07, 6.45) is 0.168. The predicted octanol–water partition coefficient (Wildman–Crippen LogP) is 1.13. The summed E-state index contributed by atoms with van der Waals surface area (Å²) in [6, 6.07) is 1.85. The number of methoxy groups -OCH3 is 1. The van der Waals surface area contributed by atoms with Gasteiger partial charge < -0.3 is 33.5 Å². The van der Waals surface area contributed by atoms with Gasteiger partial charge in [-0.2, -0.15) is 4.52 Å². The van der Waals surface area contributed by atoms with Gasteiger partial charge in [0, 0.05) is 51.0 Å². The lowest BCUT2D eigenvalue weighted by molar-refractivity contribution is -0.141. The molecule has 2 aliphatic heterocycles. The van der Waals surface area contributed by atoms with Crippen molar-refractivity contribution in [1.82, 2.24) is 19.1 Å². The van der Waals surface area contributed by atoms with Crippen LogP contribution in [0.2, 0.25) is 0 Å². The van der Waals surface area contributed by atoms with E-state index in [1.165, 1.54) is 11.6 Å². The molecule has 2 aromatic heterocycles. The molecule has 0 N–H and O–H groups in total. The van der Waals surface area contributed by atoms with Crippen molar-refractivity contribution in [3.8, 4) is 0 Å². The van der Waals surface area contributed by atoms with Crippen LogP contribution >= 0.6 is 0 Å². The molecule has 0 unspecified atom stereocenters. The Bertz CT molecular complexity index is 1170. The molecule has 12 nitrogen and oxygen atoms in total. The second-order valence-electron chi connectivity index (χ2n) is 9.94. The minimum Gasteiger partial charge on any atom is -0.468 e. The van der Waals surface area contributed by atoms with Gasteiger partial charge in [0.1, 0.15) is 23.5 Å². The lowest BCUT2D eigenvalue weighted by Gasteiger charge is -2.37. The molecule has 198 valence electrons. The quantitative estimate of drug-likeness (QED) is 0.553. The zero-order chi connectivity index (χ0) is 26.0. The van der Waals surface area contributed by atoms with Crippen molar-refractivity contribution < 1.29 is 23.8 Å². The minimum absolute atomic E-state index is 0.0391. The Hall–Kier alpha value is -3.28. The Labute approximate surface area is 210 Å². The van der Waals surface area contributed by atoms with Crippen LogP contribution in [-0.4, -0.2) is 96.3 Å². The van der Waals surface area contributed by atoms with Crippen LogP contribution in [0.4, 0.5) is 16.3 Å². The maximum atomic E-state index is 13.8. The number of morpholine rings is 1. The highest BCUT2D eigenvalue weighted by Crippen LogP contribution is 2.25. The first kappa shape index (κ1) is 25.8. The van der Waals surface area contributed by atoms with E-state index >= 15 is 0 Å². The van der Waals surface area contributed by atoms with Gasteiger partial charge in [-0.05, 0) is 27.2 Å². The third-order valence-electron chi connectivity index (χ3n) is 6.38. The van der Waals surface area contributed by atoms with Crippen molar-refractivity contribution in [1.29, 1.82) is 0 Å². The van der Waals surface area contributed by atoms with Crippen LogP contribution in [0.25, 0.3) is 5.65 Å². The summed E-state index contributed by atoms with van der Waals surface area (Å²) in [4.78, 5) is 44.4. The largest absolute Gasteiger partial charge is 0.468 e. The van der Waals surface area contributed by atoms with Crippen LogP contribution in [0.5, 0.6) is 0 Å². The first-order chi connectivity index (χ1) is 17.1. The normalized spacial score (nSPS) is 17.0. The Kier molecular flexibility index (Phi) is 7.43. The molecule has 0 bridgehead atoms. The highest BCUT2D eigenvalue weighted by atomic mass is 16.6. The summed E-state index contributed by atoms with van der Waals surface area (Å²) in [5.74, 6) is 0.257. The summed E-state index contributed by atoms with van der Waals surface area (Å²) >= 11 is 0. The molecule has 2 aliphatic rings. The number of esters is 1. The molecule has 4 rings (SSSR count). The third kappa shape index (κ3) is 5.28. The van der Waals surface area contributed by atoms with Crippen molar-refractivity contribution in [3.63, 3.8) is 0 Å². The monoisotopic (exact) mass is 504 g/mol. The summed E-state index contributed by atoms with van der Waals surface area (Å²) in [5, 5.41) is 4.63. The zero-order valence-electron chi connectivity index (χ0n) is 21.8. The second-order valence-corrected chi connectivity index (χ2v) is 9.94. The molecule has 0 spiro atoms. The minimum atomic E-state index is -0.575. The lowest BCUT2D eigenvalue weighted by Crippen LogP contribution is -2.51. The van der Waals surface area contributed by atoms with Gasteiger partial charge in [-0.3, -0.25) is 9.59 Å². The van der Waals surface area contributed by atoms with Crippen molar-refractivity contribution in [3.05, 3.63) is 22.1 Å². The summed E-state index contributed by atoms with van der Waals surface area (Å²) in [6.45, 7) is 11.7. The Morgan fingerprint density at radius 2 is 1.72 bits per heavy atom. The van der Waals surface area contributed by atoms with Gasteiger partial charge in [-0.1, -0.05) is 6.92 Å². The van der Waals surface area contributed by atoms with Gasteiger partial charge in [0.2, 0.25) is 0 Å². The molecule has 0 aromatic carbocycles. The van der Waals surface area contributed by atoms with Crippen LogP contribution in [-0.2, 0) is 32.0 Å². The number of hydrogen-bond acceptors (Lipinski definition) is 9. The molecule has 0 radical (unpaired) electrons. The Morgan fingerprint density at radius 3 is 2.31 bits per heavy atom.